The third kappa shape index (κ3) is 8.62. The summed E-state index contributed by atoms with van der Waals surface area (Å²) in [4.78, 5) is 43.2. The normalized spacial score (nSPS) is 33.5. The van der Waals surface area contributed by atoms with E-state index < -0.39 is 53.1 Å². The molecule has 7 aliphatic rings. The lowest BCUT2D eigenvalue weighted by Crippen LogP contribution is -2.65. The Morgan fingerprint density at radius 1 is 0.881 bits per heavy atom. The number of fused-ring (bicyclic) bond motifs is 10. The maximum absolute atomic E-state index is 15.7. The molecule has 11 atom stereocenters. The van der Waals surface area contributed by atoms with E-state index in [0.717, 1.165) is 62.5 Å². The van der Waals surface area contributed by atoms with E-state index in [1.807, 2.05) is 18.2 Å². The molecule has 3 aromatic rings. The fourth-order valence-electron chi connectivity index (χ4n) is 13.8. The average molecular weight is 912 g/mol. The Bertz CT molecular complexity index is 2510. The molecule has 67 heavy (non-hydrogen) atoms. The van der Waals surface area contributed by atoms with Gasteiger partial charge in [0.25, 0.3) is 0 Å². The first-order chi connectivity index (χ1) is 32.3. The minimum absolute atomic E-state index is 0.0174. The Hall–Kier alpha value is -4.99. The second-order valence-electron chi connectivity index (χ2n) is 21.2. The molecule has 10 bridgehead atoms. The van der Waals surface area contributed by atoms with Gasteiger partial charge in [0, 0.05) is 59.5 Å². The first-order valence-corrected chi connectivity index (χ1v) is 25.0. The molecule has 10 rings (SSSR count). The van der Waals surface area contributed by atoms with Crippen LogP contribution in [0.5, 0.6) is 11.5 Å². The smallest absolute Gasteiger partial charge is 0.334 e. The molecule has 3 heterocycles. The maximum atomic E-state index is 15.7. The van der Waals surface area contributed by atoms with Crippen molar-refractivity contribution in [3.63, 3.8) is 0 Å². The average Bonchev–Trinajstić information content (AvgIpc) is 3.33. The summed E-state index contributed by atoms with van der Waals surface area (Å²) < 4.78 is 12.7. The van der Waals surface area contributed by atoms with Gasteiger partial charge >= 0.3 is 11.9 Å². The van der Waals surface area contributed by atoms with E-state index in [9.17, 15) is 35.1 Å². The van der Waals surface area contributed by atoms with E-state index in [1.54, 1.807) is 25.1 Å². The first kappa shape index (κ1) is 45.8. The van der Waals surface area contributed by atoms with E-state index in [0.29, 0.717) is 60.0 Å². The van der Waals surface area contributed by atoms with Gasteiger partial charge in [-0.25, -0.2) is 4.79 Å². The summed E-state index contributed by atoms with van der Waals surface area (Å²) in [6.07, 6.45) is 8.39. The molecule has 0 unspecified atom stereocenters. The molecule has 3 aromatic carbocycles. The number of esters is 2. The number of carbonyl (C=O) groups excluding carboxylic acids is 3. The number of ether oxygens (including phenoxy) is 2. The van der Waals surface area contributed by atoms with Crippen molar-refractivity contribution in [1.29, 1.82) is 0 Å². The number of aromatic hydroxyl groups is 1. The fourth-order valence-corrected chi connectivity index (χ4v) is 13.8. The summed E-state index contributed by atoms with van der Waals surface area (Å²) in [6.45, 7) is 1.64. The number of hydrogen-bond donors (Lipinski definition) is 6. The van der Waals surface area contributed by atoms with Gasteiger partial charge in [-0.1, -0.05) is 80.7 Å². The van der Waals surface area contributed by atoms with Gasteiger partial charge in [0.15, 0.2) is 0 Å². The second-order valence-corrected chi connectivity index (χ2v) is 21.2. The lowest BCUT2D eigenvalue weighted by molar-refractivity contribution is -0.228. The number of aliphatic hydroxyl groups excluding tert-OH is 3. The highest BCUT2D eigenvalue weighted by molar-refractivity contribution is 5.89. The number of phenols is 1. The highest BCUT2D eigenvalue weighted by Crippen LogP contribution is 2.59. The number of phenolic OH excluding ortho intramolecular Hbond substituents is 1. The quantitative estimate of drug-likeness (QED) is 0.0842. The molecule has 0 amide bonds. The van der Waals surface area contributed by atoms with Gasteiger partial charge in [-0.2, -0.15) is 0 Å². The number of carbonyl (C=O) groups is 3. The van der Waals surface area contributed by atoms with Crippen LogP contribution in [-0.4, -0.2) is 73.7 Å². The molecule has 0 saturated heterocycles. The van der Waals surface area contributed by atoms with Crippen LogP contribution >= 0.6 is 0 Å². The zero-order chi connectivity index (χ0) is 46.6. The Labute approximate surface area is 393 Å². The van der Waals surface area contributed by atoms with Crippen molar-refractivity contribution in [3.8, 4) is 23.3 Å². The van der Waals surface area contributed by atoms with Crippen molar-refractivity contribution in [2.24, 2.45) is 29.6 Å². The summed E-state index contributed by atoms with van der Waals surface area (Å²) >= 11 is 0. The SMILES string of the molecule is C[C@H](O)CNc1cc(CO)cc([C@H]2C#C[C@@H]3CC(=O)Oc4cc(O)c(cc43)C[C@H]3OC(=O)/C(=C\[C@H](O)C4(CCCCC4)c4cccc(c4)C[C@H]4C(=O)CC[C@H]5[C@H]4C[C@H]4CCCC[C@@H]4[C@@]35O)C2)c1. The van der Waals surface area contributed by atoms with Gasteiger partial charge in [-0.3, -0.25) is 9.59 Å². The molecule has 4 fully saturated rings. The van der Waals surface area contributed by atoms with Crippen LogP contribution < -0.4 is 10.1 Å². The van der Waals surface area contributed by atoms with Gasteiger partial charge in [0.05, 0.1) is 31.2 Å². The number of nitrogens with one attached hydrogen (secondary N) is 1. The van der Waals surface area contributed by atoms with Crippen LogP contribution in [0.4, 0.5) is 5.69 Å². The van der Waals surface area contributed by atoms with Crippen LogP contribution in [0.2, 0.25) is 0 Å². The molecule has 11 heteroatoms. The van der Waals surface area contributed by atoms with Crippen molar-refractivity contribution in [1.82, 2.24) is 0 Å². The predicted octanol–water partition coefficient (Wildman–Crippen LogP) is 7.61. The summed E-state index contributed by atoms with van der Waals surface area (Å²) in [6, 6.07) is 17.1. The topological polar surface area (TPSA) is 183 Å². The van der Waals surface area contributed by atoms with Crippen LogP contribution in [0.25, 0.3) is 0 Å². The number of Topliss-reactive ketones (excluding diaryl/α,β-unsaturated/α-hetero) is 1. The molecular formula is C56H65NO10. The van der Waals surface area contributed by atoms with E-state index in [4.69, 9.17) is 9.47 Å². The molecule has 6 N–H and O–H groups in total. The predicted molar refractivity (Wildman–Crippen MR) is 251 cm³/mol. The fraction of sp³-hybridized carbons (Fsp3) is 0.554. The van der Waals surface area contributed by atoms with Gasteiger partial charge in [-0.15, -0.1) is 0 Å². The van der Waals surface area contributed by atoms with Crippen LogP contribution in [0, 0.1) is 41.4 Å². The number of anilines is 1. The van der Waals surface area contributed by atoms with Crippen molar-refractivity contribution < 1.29 is 49.4 Å². The van der Waals surface area contributed by atoms with Crippen molar-refractivity contribution >= 4 is 23.4 Å². The van der Waals surface area contributed by atoms with Crippen LogP contribution in [0.3, 0.4) is 0 Å². The molecule has 354 valence electrons. The highest BCUT2D eigenvalue weighted by atomic mass is 16.6. The van der Waals surface area contributed by atoms with Gasteiger partial charge in [-0.05, 0) is 128 Å². The Balaban J connectivity index is 1.22. The van der Waals surface area contributed by atoms with Crippen molar-refractivity contribution in [2.75, 3.05) is 11.9 Å². The number of rotatable bonds is 5. The number of ketones is 1. The summed E-state index contributed by atoms with van der Waals surface area (Å²) in [7, 11) is 0. The molecule has 0 radical (unpaired) electrons. The minimum Gasteiger partial charge on any atom is -0.508 e. The molecule has 3 aliphatic heterocycles. The minimum atomic E-state index is -1.58. The zero-order valence-corrected chi connectivity index (χ0v) is 38.6. The largest absolute Gasteiger partial charge is 0.508 e. The summed E-state index contributed by atoms with van der Waals surface area (Å²) in [5, 5.41) is 62.7. The molecule has 0 aromatic heterocycles. The monoisotopic (exact) mass is 911 g/mol. The van der Waals surface area contributed by atoms with Crippen LogP contribution in [0.1, 0.15) is 142 Å². The molecule has 4 aliphatic carbocycles. The Kier molecular flexibility index (Phi) is 12.6. The van der Waals surface area contributed by atoms with Gasteiger partial charge in [0.1, 0.15) is 29.0 Å². The standard InChI is InChI=1S/C56H65NO10/c1-32(59)30-57-42-20-34(31-58)18-38(23-42)35-12-13-36-28-53(63)66-50-29-49(61)39(25-43(36)50)27-52-56(65)46-11-4-3-9-37(46)24-44-45(48(60)15-14-47(44)56)21-33-8-7-10-41(19-33)55(16-5-2-6-17-55)51(62)26-40(22-35)54(64)67-52/h7-8,10,18-20,23,25-26,29,32,35-37,44-47,51-52,57-59,61-62,65H,2-6,9,11,14-17,21-22,24,27-28,30-31H2,1H3/b40-26-/t32-,35-,36+,37+,44-,45+,46-,47-,51-,52+,56-/m0/s1. The highest BCUT2D eigenvalue weighted by Gasteiger charge is 2.62. The van der Waals surface area contributed by atoms with E-state index in [1.165, 1.54) is 6.07 Å². The Morgan fingerprint density at radius 2 is 1.69 bits per heavy atom. The molecule has 11 nitrogen and oxygen atoms in total. The Morgan fingerprint density at radius 3 is 2.49 bits per heavy atom. The molecule has 1 spiro atoms. The summed E-state index contributed by atoms with van der Waals surface area (Å²) in [5.41, 5.74) is 2.78. The van der Waals surface area contributed by atoms with Crippen molar-refractivity contribution in [2.45, 2.75) is 157 Å². The van der Waals surface area contributed by atoms with Gasteiger partial charge < -0.3 is 40.3 Å². The van der Waals surface area contributed by atoms with Gasteiger partial charge in [0.2, 0.25) is 0 Å². The van der Waals surface area contributed by atoms with E-state index in [-0.39, 0.29) is 84.9 Å². The van der Waals surface area contributed by atoms with Crippen molar-refractivity contribution in [3.05, 3.63) is 99.6 Å². The van der Waals surface area contributed by atoms with Crippen LogP contribution in [0.15, 0.2) is 66.2 Å². The first-order valence-electron chi connectivity index (χ1n) is 25.0. The molecule has 4 saturated carbocycles. The third-order valence-corrected chi connectivity index (χ3v) is 17.1. The van der Waals surface area contributed by atoms with Crippen LogP contribution in [-0.2, 0) is 44.0 Å². The number of aliphatic hydroxyl groups is 4. The second kappa shape index (κ2) is 18.5. The third-order valence-electron chi connectivity index (χ3n) is 17.1. The van der Waals surface area contributed by atoms with E-state index >= 15 is 4.79 Å². The molecular weight excluding hydrogens is 847 g/mol. The lowest BCUT2D eigenvalue weighted by Gasteiger charge is -2.59. The number of hydrogen-bond acceptors (Lipinski definition) is 11. The zero-order valence-electron chi connectivity index (χ0n) is 38.6. The van der Waals surface area contributed by atoms with E-state index in [2.05, 4.69) is 35.4 Å². The lowest BCUT2D eigenvalue weighted by atomic mass is 9.48. The number of benzene rings is 3. The maximum Gasteiger partial charge on any atom is 0.334 e. The summed E-state index contributed by atoms with van der Waals surface area (Å²) in [5.74, 6) is 3.48.